The number of rotatable bonds is 3. The molecule has 0 N–H and O–H groups in total. The quantitative estimate of drug-likeness (QED) is 0.181. The van der Waals surface area contributed by atoms with Crippen LogP contribution in [0.3, 0.4) is 0 Å². The first-order chi connectivity index (χ1) is 26.3. The SMILES string of the molecule is C1=Cc2ccccc2N(c2ccc3c4c(-c5ccccc5)c5c6cccc7cccc(c5c(-c5ccccc5)c4c4cccc2c43)c76)c2ccccc21. The largest absolute Gasteiger partial charge is 0.309 e. The van der Waals surface area contributed by atoms with E-state index in [0.29, 0.717) is 0 Å². The predicted molar refractivity (Wildman–Crippen MR) is 228 cm³/mol. The van der Waals surface area contributed by atoms with Crippen molar-refractivity contribution in [2.45, 2.75) is 0 Å². The van der Waals surface area contributed by atoms with Crippen molar-refractivity contribution in [1.29, 1.82) is 0 Å². The number of hydrogen-bond acceptors (Lipinski definition) is 1. The van der Waals surface area contributed by atoms with Gasteiger partial charge in [0.15, 0.2) is 0 Å². The van der Waals surface area contributed by atoms with Gasteiger partial charge in [0.25, 0.3) is 0 Å². The number of nitrogens with zero attached hydrogens (tertiary/aromatic N) is 1. The van der Waals surface area contributed by atoms with Crippen LogP contribution in [0.25, 0.3) is 99.0 Å². The molecular weight excluding hydrogens is 639 g/mol. The first kappa shape index (κ1) is 28.7. The standard InChI is InChI=1S/C52H31N/c1-3-16-35(17-4-1)46-49-38-23-11-20-34-21-12-24-39(45(34)38)50(49)47(36-18-5-2-6-19-36)52-41-30-31-44(37-22-13-25-40(48(37)41)51(46)52)53-42-26-9-7-14-32(42)28-29-33-15-8-10-27-43(33)53/h1-31H. The van der Waals surface area contributed by atoms with E-state index in [4.69, 9.17) is 0 Å². The molecule has 53 heavy (non-hydrogen) atoms. The first-order valence-electron chi connectivity index (χ1n) is 18.5. The number of fused-ring (bicyclic) bond motifs is 8. The summed E-state index contributed by atoms with van der Waals surface area (Å²) in [4.78, 5) is 2.48. The Morgan fingerprint density at radius 3 is 1.25 bits per heavy atom. The summed E-state index contributed by atoms with van der Waals surface area (Å²) < 4.78 is 0. The van der Waals surface area contributed by atoms with Gasteiger partial charge in [-0.15, -0.1) is 0 Å². The van der Waals surface area contributed by atoms with Crippen LogP contribution in [0.1, 0.15) is 11.1 Å². The maximum Gasteiger partial charge on any atom is 0.0541 e. The van der Waals surface area contributed by atoms with Crippen molar-refractivity contribution in [3.05, 3.63) is 187 Å². The van der Waals surface area contributed by atoms with E-state index >= 15 is 0 Å². The summed E-state index contributed by atoms with van der Waals surface area (Å²) in [5, 5.41) is 15.8. The molecule has 0 unspecified atom stereocenters. The highest BCUT2D eigenvalue weighted by Gasteiger charge is 2.29. The van der Waals surface area contributed by atoms with Gasteiger partial charge in [0, 0.05) is 5.39 Å². The van der Waals surface area contributed by atoms with Crippen molar-refractivity contribution >= 4 is 93.8 Å². The van der Waals surface area contributed by atoms with Gasteiger partial charge < -0.3 is 4.90 Å². The highest BCUT2D eigenvalue weighted by atomic mass is 15.1. The van der Waals surface area contributed by atoms with E-state index in [1.54, 1.807) is 0 Å². The molecule has 0 fully saturated rings. The number of hydrogen-bond donors (Lipinski definition) is 0. The van der Waals surface area contributed by atoms with Gasteiger partial charge >= 0.3 is 0 Å². The minimum Gasteiger partial charge on any atom is -0.309 e. The van der Waals surface area contributed by atoms with Gasteiger partial charge in [-0.2, -0.15) is 0 Å². The highest BCUT2D eigenvalue weighted by molar-refractivity contribution is 6.47. The lowest BCUT2D eigenvalue weighted by Crippen LogP contribution is -2.12. The molecule has 0 radical (unpaired) electrons. The van der Waals surface area contributed by atoms with Crippen LogP contribution in [0, 0.1) is 0 Å². The van der Waals surface area contributed by atoms with Gasteiger partial charge in [-0.05, 0) is 111 Å². The highest BCUT2D eigenvalue weighted by Crippen LogP contribution is 2.57. The van der Waals surface area contributed by atoms with Crippen LogP contribution in [0.2, 0.25) is 0 Å². The first-order valence-corrected chi connectivity index (χ1v) is 18.5. The summed E-state index contributed by atoms with van der Waals surface area (Å²) in [6.45, 7) is 0. The van der Waals surface area contributed by atoms with E-state index in [2.05, 4.69) is 193 Å². The summed E-state index contributed by atoms with van der Waals surface area (Å²) in [6, 6.07) is 65.1. The molecule has 1 heterocycles. The van der Waals surface area contributed by atoms with Crippen molar-refractivity contribution in [3.63, 3.8) is 0 Å². The molecule has 0 amide bonds. The van der Waals surface area contributed by atoms with Crippen molar-refractivity contribution in [1.82, 2.24) is 0 Å². The molecule has 0 spiro atoms. The molecule has 0 aliphatic carbocycles. The number of anilines is 3. The molecule has 1 heteroatoms. The van der Waals surface area contributed by atoms with Crippen LogP contribution in [0.5, 0.6) is 0 Å². The average Bonchev–Trinajstić information content (AvgIpc) is 3.67. The van der Waals surface area contributed by atoms with Crippen LogP contribution in [-0.2, 0) is 0 Å². The molecule has 0 bridgehead atoms. The van der Waals surface area contributed by atoms with Gasteiger partial charge in [0.05, 0.1) is 17.1 Å². The molecule has 11 aromatic carbocycles. The molecule has 12 rings (SSSR count). The van der Waals surface area contributed by atoms with Crippen molar-refractivity contribution < 1.29 is 0 Å². The Morgan fingerprint density at radius 1 is 0.264 bits per heavy atom. The van der Waals surface area contributed by atoms with Crippen LogP contribution < -0.4 is 4.90 Å². The fraction of sp³-hybridized carbons (Fsp3) is 0. The van der Waals surface area contributed by atoms with Gasteiger partial charge in [-0.1, -0.05) is 170 Å². The molecule has 0 saturated heterocycles. The van der Waals surface area contributed by atoms with E-state index in [0.717, 1.165) is 0 Å². The smallest absolute Gasteiger partial charge is 0.0541 e. The van der Waals surface area contributed by atoms with E-state index < -0.39 is 0 Å². The van der Waals surface area contributed by atoms with Crippen LogP contribution in [0.15, 0.2) is 176 Å². The normalized spacial score (nSPS) is 12.8. The molecule has 0 saturated carbocycles. The molecule has 244 valence electrons. The Morgan fingerprint density at radius 2 is 0.698 bits per heavy atom. The van der Waals surface area contributed by atoms with Gasteiger partial charge in [-0.25, -0.2) is 0 Å². The monoisotopic (exact) mass is 669 g/mol. The Hall–Kier alpha value is -6.96. The van der Waals surface area contributed by atoms with Crippen LogP contribution in [0.4, 0.5) is 17.1 Å². The third kappa shape index (κ3) is 3.86. The predicted octanol–water partition coefficient (Wildman–Crippen LogP) is 14.8. The Balaban J connectivity index is 1.32. The Labute approximate surface area is 307 Å². The molecule has 0 aromatic heterocycles. The Bertz CT molecular complexity index is 3090. The van der Waals surface area contributed by atoms with Gasteiger partial charge in [0.2, 0.25) is 0 Å². The fourth-order valence-corrected chi connectivity index (χ4v) is 9.61. The molecule has 0 atom stereocenters. The van der Waals surface area contributed by atoms with E-state index in [9.17, 15) is 0 Å². The lowest BCUT2D eigenvalue weighted by Gasteiger charge is -2.28. The summed E-state index contributed by atoms with van der Waals surface area (Å²) in [5.41, 5.74) is 11.1. The number of para-hydroxylation sites is 2. The van der Waals surface area contributed by atoms with E-state index in [1.165, 1.54) is 115 Å². The van der Waals surface area contributed by atoms with Gasteiger partial charge in [-0.3, -0.25) is 0 Å². The molecule has 1 aliphatic heterocycles. The van der Waals surface area contributed by atoms with Gasteiger partial charge in [0.1, 0.15) is 0 Å². The van der Waals surface area contributed by atoms with Crippen molar-refractivity contribution in [3.8, 4) is 22.3 Å². The zero-order valence-corrected chi connectivity index (χ0v) is 28.8. The Kier molecular flexibility index (Phi) is 5.84. The summed E-state index contributed by atoms with van der Waals surface area (Å²) >= 11 is 0. The zero-order chi connectivity index (χ0) is 34.6. The van der Waals surface area contributed by atoms with Crippen molar-refractivity contribution in [2.24, 2.45) is 0 Å². The second-order valence-corrected chi connectivity index (χ2v) is 14.3. The molecule has 1 nitrogen and oxygen atoms in total. The fourth-order valence-electron chi connectivity index (χ4n) is 9.61. The minimum absolute atomic E-state index is 1.18. The second kappa shape index (κ2) is 10.8. The van der Waals surface area contributed by atoms with E-state index in [-0.39, 0.29) is 0 Å². The lowest BCUT2D eigenvalue weighted by atomic mass is 9.87. The maximum atomic E-state index is 2.48. The maximum absolute atomic E-state index is 2.48. The zero-order valence-electron chi connectivity index (χ0n) is 28.8. The van der Waals surface area contributed by atoms with Crippen molar-refractivity contribution in [2.75, 3.05) is 4.90 Å². The third-order valence-electron chi connectivity index (χ3n) is 11.7. The van der Waals surface area contributed by atoms with E-state index in [1.807, 2.05) is 0 Å². The third-order valence-corrected chi connectivity index (χ3v) is 11.7. The molecule has 11 aromatic rings. The second-order valence-electron chi connectivity index (χ2n) is 14.3. The van der Waals surface area contributed by atoms with Crippen LogP contribution in [-0.4, -0.2) is 0 Å². The van der Waals surface area contributed by atoms with Crippen LogP contribution >= 0.6 is 0 Å². The summed E-state index contributed by atoms with van der Waals surface area (Å²) in [6.07, 6.45) is 4.50. The average molecular weight is 670 g/mol. The minimum atomic E-state index is 1.18. The summed E-state index contributed by atoms with van der Waals surface area (Å²) in [7, 11) is 0. The lowest BCUT2D eigenvalue weighted by molar-refractivity contribution is 1.29. The molecular formula is C52H31N. The number of benzene rings is 9. The topological polar surface area (TPSA) is 3.24 Å². The molecule has 1 aliphatic rings. The summed E-state index contributed by atoms with van der Waals surface area (Å²) in [5.74, 6) is 0.